The number of amides is 1. The molecule has 0 aromatic carbocycles. The lowest BCUT2D eigenvalue weighted by molar-refractivity contribution is -0.141. The number of aromatic nitrogens is 3. The SMILES string of the molecule is C=C(NC(=O)c1cccn(CC(F)(F)F)c1=O)/C(=C\c1nc(C2CC2)c[nH]1)OCC. The second-order valence-electron chi connectivity index (χ2n) is 6.83. The molecular formula is C20H21F3N4O3. The lowest BCUT2D eigenvalue weighted by atomic mass is 10.2. The van der Waals surface area contributed by atoms with Crippen LogP contribution in [0.25, 0.3) is 6.08 Å². The zero-order valence-electron chi connectivity index (χ0n) is 16.3. The minimum atomic E-state index is -4.59. The van der Waals surface area contributed by atoms with Gasteiger partial charge < -0.3 is 19.6 Å². The van der Waals surface area contributed by atoms with E-state index in [0.717, 1.165) is 30.8 Å². The van der Waals surface area contributed by atoms with Gasteiger partial charge in [-0.2, -0.15) is 13.2 Å². The van der Waals surface area contributed by atoms with E-state index in [1.165, 1.54) is 6.07 Å². The minimum absolute atomic E-state index is 0.0526. The Hall–Kier alpha value is -3.30. The molecule has 1 aliphatic carbocycles. The Bertz CT molecular complexity index is 1030. The lowest BCUT2D eigenvalue weighted by Gasteiger charge is -2.14. The van der Waals surface area contributed by atoms with Crippen LogP contribution in [0.5, 0.6) is 0 Å². The van der Waals surface area contributed by atoms with E-state index in [1.54, 1.807) is 13.0 Å². The predicted octanol–water partition coefficient (Wildman–Crippen LogP) is 3.33. The molecule has 0 bridgehead atoms. The van der Waals surface area contributed by atoms with Crippen molar-refractivity contribution in [2.24, 2.45) is 0 Å². The molecule has 30 heavy (non-hydrogen) atoms. The number of halogens is 3. The summed E-state index contributed by atoms with van der Waals surface area (Å²) < 4.78 is 43.8. The van der Waals surface area contributed by atoms with Crippen LogP contribution < -0.4 is 10.9 Å². The zero-order chi connectivity index (χ0) is 21.9. The van der Waals surface area contributed by atoms with Gasteiger partial charge in [0.25, 0.3) is 11.5 Å². The number of alkyl halides is 3. The summed E-state index contributed by atoms with van der Waals surface area (Å²) in [5.74, 6) is 0.307. The van der Waals surface area contributed by atoms with E-state index < -0.39 is 29.8 Å². The summed E-state index contributed by atoms with van der Waals surface area (Å²) in [7, 11) is 0. The highest BCUT2D eigenvalue weighted by molar-refractivity contribution is 5.95. The molecule has 2 aromatic heterocycles. The van der Waals surface area contributed by atoms with Crippen LogP contribution in [0.3, 0.4) is 0 Å². The fraction of sp³-hybridized carbons (Fsp3) is 0.350. The molecule has 2 aromatic rings. The molecule has 2 N–H and O–H groups in total. The quantitative estimate of drug-likeness (QED) is 0.505. The van der Waals surface area contributed by atoms with E-state index >= 15 is 0 Å². The normalized spacial score (nSPS) is 14.5. The van der Waals surface area contributed by atoms with Gasteiger partial charge in [0, 0.05) is 24.4 Å². The number of nitrogens with zero attached hydrogens (tertiary/aromatic N) is 2. The minimum Gasteiger partial charge on any atom is -0.492 e. The number of H-pyrrole nitrogens is 1. The van der Waals surface area contributed by atoms with Crippen molar-refractivity contribution in [3.05, 3.63) is 70.0 Å². The molecule has 10 heteroatoms. The number of imidazole rings is 1. The zero-order valence-corrected chi connectivity index (χ0v) is 16.3. The van der Waals surface area contributed by atoms with Gasteiger partial charge in [-0.25, -0.2) is 4.98 Å². The highest BCUT2D eigenvalue weighted by Crippen LogP contribution is 2.38. The molecule has 3 rings (SSSR count). The smallest absolute Gasteiger partial charge is 0.406 e. The van der Waals surface area contributed by atoms with Crippen molar-refractivity contribution in [3.8, 4) is 0 Å². The van der Waals surface area contributed by atoms with Crippen molar-refractivity contribution in [2.45, 2.75) is 38.4 Å². The molecule has 0 unspecified atom stereocenters. The molecular weight excluding hydrogens is 401 g/mol. The summed E-state index contributed by atoms with van der Waals surface area (Å²) in [6.07, 6.45) is 1.94. The van der Waals surface area contributed by atoms with E-state index in [1.807, 2.05) is 6.20 Å². The summed E-state index contributed by atoms with van der Waals surface area (Å²) in [5, 5.41) is 2.41. The Labute approximate surface area is 170 Å². The first kappa shape index (κ1) is 21.4. The van der Waals surface area contributed by atoms with E-state index in [4.69, 9.17) is 4.74 Å². The van der Waals surface area contributed by atoms with Gasteiger partial charge in [0.15, 0.2) is 0 Å². The molecule has 0 saturated heterocycles. The van der Waals surface area contributed by atoms with Crippen LogP contribution in [0.2, 0.25) is 0 Å². The van der Waals surface area contributed by atoms with Crippen LogP contribution in [-0.4, -0.2) is 33.2 Å². The third-order valence-electron chi connectivity index (χ3n) is 4.36. The van der Waals surface area contributed by atoms with Gasteiger partial charge >= 0.3 is 6.18 Å². The molecule has 1 amide bonds. The van der Waals surface area contributed by atoms with Crippen LogP contribution in [0.1, 0.15) is 47.6 Å². The largest absolute Gasteiger partial charge is 0.492 e. The highest BCUT2D eigenvalue weighted by atomic mass is 19.4. The predicted molar refractivity (Wildman–Crippen MR) is 104 cm³/mol. The molecule has 1 aliphatic rings. The molecule has 1 saturated carbocycles. The molecule has 7 nitrogen and oxygen atoms in total. The number of aromatic amines is 1. The number of ether oxygens (including phenoxy) is 1. The molecule has 160 valence electrons. The average Bonchev–Trinajstić information content (AvgIpc) is 3.41. The van der Waals surface area contributed by atoms with Gasteiger partial charge in [-0.3, -0.25) is 9.59 Å². The van der Waals surface area contributed by atoms with E-state index in [9.17, 15) is 22.8 Å². The van der Waals surface area contributed by atoms with Gasteiger partial charge in [0.1, 0.15) is 23.7 Å². The van der Waals surface area contributed by atoms with Gasteiger partial charge in [-0.05, 0) is 31.9 Å². The maximum Gasteiger partial charge on any atom is 0.406 e. The van der Waals surface area contributed by atoms with Crippen molar-refractivity contribution in [1.82, 2.24) is 19.9 Å². The number of carbonyl (C=O) groups excluding carboxylic acids is 1. The number of rotatable bonds is 8. The number of hydrogen-bond donors (Lipinski definition) is 2. The van der Waals surface area contributed by atoms with Crippen molar-refractivity contribution in [1.29, 1.82) is 0 Å². The van der Waals surface area contributed by atoms with Gasteiger partial charge in [-0.15, -0.1) is 0 Å². The molecule has 0 atom stereocenters. The highest BCUT2D eigenvalue weighted by Gasteiger charge is 2.29. The molecule has 0 radical (unpaired) electrons. The van der Waals surface area contributed by atoms with Gasteiger partial charge in [0.2, 0.25) is 0 Å². The summed E-state index contributed by atoms with van der Waals surface area (Å²) in [6, 6.07) is 2.35. The molecule has 0 aliphatic heterocycles. The fourth-order valence-corrected chi connectivity index (χ4v) is 2.80. The fourth-order valence-electron chi connectivity index (χ4n) is 2.80. The van der Waals surface area contributed by atoms with Crippen molar-refractivity contribution >= 4 is 12.0 Å². The summed E-state index contributed by atoms with van der Waals surface area (Å²) in [5.41, 5.74) is -0.493. The Balaban J connectivity index is 1.77. The Kier molecular flexibility index (Phi) is 6.14. The monoisotopic (exact) mass is 422 g/mol. The van der Waals surface area contributed by atoms with Gasteiger partial charge in [-0.1, -0.05) is 6.58 Å². The van der Waals surface area contributed by atoms with Gasteiger partial charge in [0.05, 0.1) is 18.0 Å². The summed E-state index contributed by atoms with van der Waals surface area (Å²) >= 11 is 0. The maximum absolute atomic E-state index is 12.6. The average molecular weight is 422 g/mol. The first-order valence-electron chi connectivity index (χ1n) is 9.34. The second kappa shape index (κ2) is 8.60. The van der Waals surface area contributed by atoms with Crippen LogP contribution >= 0.6 is 0 Å². The third kappa shape index (κ3) is 5.40. The topological polar surface area (TPSA) is 89.0 Å². The maximum atomic E-state index is 12.6. The Morgan fingerprint density at radius 2 is 2.20 bits per heavy atom. The van der Waals surface area contributed by atoms with Crippen LogP contribution in [-0.2, 0) is 11.3 Å². The number of hydrogen-bond acceptors (Lipinski definition) is 4. The first-order valence-corrected chi connectivity index (χ1v) is 9.34. The Morgan fingerprint density at radius 3 is 2.83 bits per heavy atom. The summed E-state index contributed by atoms with van der Waals surface area (Å²) in [6.45, 7) is 4.28. The second-order valence-corrected chi connectivity index (χ2v) is 6.83. The van der Waals surface area contributed by atoms with Crippen LogP contribution in [0, 0.1) is 0 Å². The third-order valence-corrected chi connectivity index (χ3v) is 4.36. The Morgan fingerprint density at radius 1 is 1.47 bits per heavy atom. The number of pyridine rings is 1. The van der Waals surface area contributed by atoms with Crippen LogP contribution in [0.15, 0.2) is 47.4 Å². The number of nitrogens with one attached hydrogen (secondary N) is 2. The van der Waals surface area contributed by atoms with E-state index in [2.05, 4.69) is 21.9 Å². The lowest BCUT2D eigenvalue weighted by Crippen LogP contribution is -2.35. The first-order chi connectivity index (χ1) is 14.2. The van der Waals surface area contributed by atoms with E-state index in [0.29, 0.717) is 16.3 Å². The van der Waals surface area contributed by atoms with E-state index in [-0.39, 0.29) is 18.1 Å². The van der Waals surface area contributed by atoms with Crippen molar-refractivity contribution in [3.63, 3.8) is 0 Å². The molecule has 1 fully saturated rings. The standard InChI is InChI=1S/C20H21F3N4O3/c1-3-30-16(9-17-24-10-15(26-17)13-6-7-13)12(2)25-18(28)14-5-4-8-27(19(14)29)11-20(21,22)23/h4-5,8-10,13H,2-3,6-7,11H2,1H3,(H,24,26)(H,25,28)/b16-9+. The molecule has 0 spiro atoms. The van der Waals surface area contributed by atoms with Crippen LogP contribution in [0.4, 0.5) is 13.2 Å². The molecule has 2 heterocycles. The van der Waals surface area contributed by atoms with Crippen molar-refractivity contribution in [2.75, 3.05) is 6.61 Å². The van der Waals surface area contributed by atoms with Crippen molar-refractivity contribution < 1.29 is 22.7 Å². The summed E-state index contributed by atoms with van der Waals surface area (Å²) in [4.78, 5) is 32.2. The number of carbonyl (C=O) groups is 1.